The van der Waals surface area contributed by atoms with Gasteiger partial charge in [0.15, 0.2) is 12.3 Å². The Morgan fingerprint density at radius 2 is 1.97 bits per heavy atom. The number of aromatic amines is 1. The first-order valence-electron chi connectivity index (χ1n) is 8.48. The van der Waals surface area contributed by atoms with Crippen molar-refractivity contribution in [3.63, 3.8) is 0 Å². The summed E-state index contributed by atoms with van der Waals surface area (Å²) >= 11 is 0. The average molecular weight is 432 g/mol. The summed E-state index contributed by atoms with van der Waals surface area (Å²) in [5.41, 5.74) is -1.64. The molecule has 1 aliphatic rings. The number of aromatic nitrogens is 2. The second kappa shape index (κ2) is 10.1. The standard InChI is InChI=1S/C15H20N4O11/c20-5-29-8(3-9(23)24)17-7(22)4-16-13(27)12-10(25)11(26)14(30-12)19-2-1-6(21)18-15(19)28/h1-2,8,10-12,14,20,25-26H,3-5H2,(H,16,27)(H,17,22)(H,23,24)(H,18,21,28)/t8?,10-,11+,12-,14+/m0/s1. The van der Waals surface area contributed by atoms with E-state index in [0.717, 1.165) is 16.8 Å². The number of aliphatic carboxylic acids is 1. The van der Waals surface area contributed by atoms with Crippen LogP contribution in [-0.4, -0.2) is 85.6 Å². The van der Waals surface area contributed by atoms with Crippen LogP contribution in [0.2, 0.25) is 0 Å². The quantitative estimate of drug-likeness (QED) is 0.183. The Balaban J connectivity index is 1.96. The van der Waals surface area contributed by atoms with Gasteiger partial charge in [0.1, 0.15) is 25.2 Å². The van der Waals surface area contributed by atoms with E-state index >= 15 is 0 Å². The zero-order valence-electron chi connectivity index (χ0n) is 15.3. The summed E-state index contributed by atoms with van der Waals surface area (Å²) in [7, 11) is 0. The first kappa shape index (κ1) is 23.2. The molecule has 5 atom stereocenters. The van der Waals surface area contributed by atoms with Gasteiger partial charge in [-0.25, -0.2) is 4.79 Å². The lowest BCUT2D eigenvalue weighted by molar-refractivity contribution is -0.146. The lowest BCUT2D eigenvalue weighted by atomic mass is 10.1. The van der Waals surface area contributed by atoms with Crippen molar-refractivity contribution in [3.8, 4) is 0 Å². The third-order valence-corrected chi connectivity index (χ3v) is 4.00. The van der Waals surface area contributed by atoms with Gasteiger partial charge in [-0.05, 0) is 0 Å². The van der Waals surface area contributed by atoms with Crippen LogP contribution >= 0.6 is 0 Å². The molecule has 2 amide bonds. The molecule has 7 N–H and O–H groups in total. The van der Waals surface area contributed by atoms with Crippen molar-refractivity contribution in [2.75, 3.05) is 13.3 Å². The molecule has 1 aliphatic heterocycles. The normalized spacial score (nSPS) is 24.2. The molecule has 0 bridgehead atoms. The third-order valence-electron chi connectivity index (χ3n) is 4.00. The molecule has 1 aromatic heterocycles. The van der Waals surface area contributed by atoms with Crippen LogP contribution in [0.15, 0.2) is 21.9 Å². The summed E-state index contributed by atoms with van der Waals surface area (Å²) in [6.45, 7) is -1.52. The molecule has 15 heteroatoms. The number of nitrogens with one attached hydrogen (secondary N) is 3. The number of hydrogen-bond acceptors (Lipinski definition) is 10. The molecular formula is C15H20N4O11. The molecule has 1 unspecified atom stereocenters. The van der Waals surface area contributed by atoms with Crippen LogP contribution in [0, 0.1) is 0 Å². The number of nitrogens with zero attached hydrogens (tertiary/aromatic N) is 1. The first-order chi connectivity index (χ1) is 14.1. The maximum absolute atomic E-state index is 12.2. The monoisotopic (exact) mass is 432 g/mol. The van der Waals surface area contributed by atoms with E-state index in [4.69, 9.17) is 14.9 Å². The van der Waals surface area contributed by atoms with Gasteiger partial charge in [-0.3, -0.25) is 28.7 Å². The van der Waals surface area contributed by atoms with Crippen LogP contribution in [0.4, 0.5) is 0 Å². The van der Waals surface area contributed by atoms with Gasteiger partial charge < -0.3 is 40.5 Å². The summed E-state index contributed by atoms with van der Waals surface area (Å²) in [5.74, 6) is -3.18. The van der Waals surface area contributed by atoms with E-state index in [1.165, 1.54) is 0 Å². The maximum atomic E-state index is 12.2. The predicted octanol–water partition coefficient (Wildman–Crippen LogP) is -4.84. The average Bonchev–Trinajstić information content (AvgIpc) is 2.95. The van der Waals surface area contributed by atoms with Crippen molar-refractivity contribution < 1.29 is 44.3 Å². The minimum Gasteiger partial charge on any atom is -0.481 e. The van der Waals surface area contributed by atoms with Crippen molar-refractivity contribution in [1.82, 2.24) is 20.2 Å². The molecule has 30 heavy (non-hydrogen) atoms. The van der Waals surface area contributed by atoms with Crippen LogP contribution in [0.5, 0.6) is 0 Å². The molecular weight excluding hydrogens is 412 g/mol. The summed E-state index contributed by atoms with van der Waals surface area (Å²) in [4.78, 5) is 59.6. The molecule has 1 aromatic rings. The zero-order valence-corrected chi connectivity index (χ0v) is 15.3. The van der Waals surface area contributed by atoms with Crippen LogP contribution in [0.1, 0.15) is 12.6 Å². The Hall–Kier alpha value is -3.11. The molecule has 2 heterocycles. The summed E-state index contributed by atoms with van der Waals surface area (Å²) in [6, 6.07) is 0.976. The number of carboxylic acid groups (broad SMARTS) is 1. The van der Waals surface area contributed by atoms with E-state index in [1.807, 2.05) is 4.98 Å². The molecule has 0 spiro atoms. The fourth-order valence-corrected chi connectivity index (χ4v) is 2.63. The summed E-state index contributed by atoms with van der Waals surface area (Å²) in [5, 5.41) is 41.7. The molecule has 166 valence electrons. The molecule has 0 aromatic carbocycles. The molecule has 2 rings (SSSR count). The smallest absolute Gasteiger partial charge is 0.330 e. The number of carbonyl (C=O) groups excluding carboxylic acids is 2. The Morgan fingerprint density at radius 3 is 2.57 bits per heavy atom. The van der Waals surface area contributed by atoms with Crippen LogP contribution < -0.4 is 21.9 Å². The van der Waals surface area contributed by atoms with Crippen molar-refractivity contribution in [2.24, 2.45) is 0 Å². The topological polar surface area (TPSA) is 230 Å². The minimum absolute atomic E-state index is 0.646. The number of H-pyrrole nitrogens is 1. The molecule has 0 aliphatic carbocycles. The van der Waals surface area contributed by atoms with Gasteiger partial charge in [0.25, 0.3) is 11.5 Å². The van der Waals surface area contributed by atoms with Crippen molar-refractivity contribution >= 4 is 17.8 Å². The maximum Gasteiger partial charge on any atom is 0.330 e. The number of aliphatic hydroxyl groups excluding tert-OH is 3. The Morgan fingerprint density at radius 1 is 1.27 bits per heavy atom. The van der Waals surface area contributed by atoms with Gasteiger partial charge in [-0.1, -0.05) is 0 Å². The SMILES string of the molecule is O=C(O)CC(NC(=O)CNC(=O)[C@H]1O[C@@H](n2ccc(=O)[nH]c2=O)[C@H](O)[C@@H]1O)OCO. The fourth-order valence-electron chi connectivity index (χ4n) is 2.63. The summed E-state index contributed by atoms with van der Waals surface area (Å²) < 4.78 is 10.6. The minimum atomic E-state index is -1.76. The Labute approximate surface area is 166 Å². The summed E-state index contributed by atoms with van der Waals surface area (Å²) in [6.07, 6.45) is -7.56. The number of carbonyl (C=O) groups is 3. The second-order valence-electron chi connectivity index (χ2n) is 6.11. The van der Waals surface area contributed by atoms with Gasteiger partial charge in [-0.2, -0.15) is 0 Å². The predicted molar refractivity (Wildman–Crippen MR) is 92.6 cm³/mol. The van der Waals surface area contributed by atoms with Gasteiger partial charge >= 0.3 is 11.7 Å². The van der Waals surface area contributed by atoms with Crippen LogP contribution in [0.25, 0.3) is 0 Å². The highest BCUT2D eigenvalue weighted by molar-refractivity contribution is 5.87. The molecule has 1 saturated heterocycles. The third kappa shape index (κ3) is 5.71. The lowest BCUT2D eigenvalue weighted by Crippen LogP contribution is -2.48. The molecule has 15 nitrogen and oxygen atoms in total. The van der Waals surface area contributed by atoms with Gasteiger partial charge in [0.2, 0.25) is 5.91 Å². The van der Waals surface area contributed by atoms with Crippen LogP contribution in [0.3, 0.4) is 0 Å². The Bertz CT molecular complexity index is 897. The number of rotatable bonds is 9. The molecule has 0 radical (unpaired) electrons. The highest BCUT2D eigenvalue weighted by atomic mass is 16.6. The number of amides is 2. The van der Waals surface area contributed by atoms with Crippen molar-refractivity contribution in [3.05, 3.63) is 33.1 Å². The zero-order chi connectivity index (χ0) is 22.4. The van der Waals surface area contributed by atoms with Crippen molar-refractivity contribution in [2.45, 2.75) is 37.2 Å². The van der Waals surface area contributed by atoms with E-state index in [9.17, 15) is 34.2 Å². The van der Waals surface area contributed by atoms with E-state index in [1.54, 1.807) is 0 Å². The molecule has 0 saturated carbocycles. The fraction of sp³-hybridized carbons (Fsp3) is 0.533. The lowest BCUT2D eigenvalue weighted by Gasteiger charge is -2.18. The highest BCUT2D eigenvalue weighted by Crippen LogP contribution is 2.28. The van der Waals surface area contributed by atoms with Crippen molar-refractivity contribution in [1.29, 1.82) is 0 Å². The van der Waals surface area contributed by atoms with E-state index in [0.29, 0.717) is 0 Å². The molecule has 1 fully saturated rings. The van der Waals surface area contributed by atoms with Gasteiger partial charge in [0.05, 0.1) is 13.0 Å². The van der Waals surface area contributed by atoms with E-state index in [2.05, 4.69) is 15.4 Å². The van der Waals surface area contributed by atoms with Gasteiger partial charge in [-0.15, -0.1) is 0 Å². The van der Waals surface area contributed by atoms with E-state index in [-0.39, 0.29) is 0 Å². The largest absolute Gasteiger partial charge is 0.481 e. The number of hydrogen-bond donors (Lipinski definition) is 7. The van der Waals surface area contributed by atoms with Crippen LogP contribution in [-0.2, 0) is 23.9 Å². The van der Waals surface area contributed by atoms with E-state index < -0.39 is 79.6 Å². The van der Waals surface area contributed by atoms with Gasteiger partial charge in [0, 0.05) is 12.3 Å². The Kier molecular flexibility index (Phi) is 7.79. The highest BCUT2D eigenvalue weighted by Gasteiger charge is 2.47. The number of aliphatic hydroxyl groups is 3. The second-order valence-corrected chi connectivity index (χ2v) is 6.11. The number of carboxylic acids is 1. The number of ether oxygens (including phenoxy) is 2. The first-order valence-corrected chi connectivity index (χ1v) is 8.48.